The number of β-amino-alcohol motifs (C(OH)–C–C–N with tert-alkyl or cyclic N) is 1. The van der Waals surface area contributed by atoms with E-state index in [1.807, 2.05) is 12.1 Å². The Morgan fingerprint density at radius 1 is 0.761 bits per heavy atom. The zero-order valence-corrected chi connectivity index (χ0v) is 53.8. The van der Waals surface area contributed by atoms with Crippen molar-refractivity contribution in [1.29, 1.82) is 0 Å². The lowest BCUT2D eigenvalue weighted by atomic mass is 9.90. The summed E-state index contributed by atoms with van der Waals surface area (Å²) in [5, 5.41) is 101. The molecule has 5 fully saturated rings. The molecule has 4 aliphatic heterocycles. The van der Waals surface area contributed by atoms with E-state index in [4.69, 9.17) is 10.5 Å². The van der Waals surface area contributed by atoms with Crippen LogP contribution >= 0.6 is 36.2 Å². The first-order chi connectivity index (χ1) is 43.0. The lowest BCUT2D eigenvalue weighted by molar-refractivity contribution is -0.147. The number of amides is 7. The number of carbonyl (C=O) groups is 7. The first-order valence-corrected chi connectivity index (χ1v) is 31.3. The van der Waals surface area contributed by atoms with E-state index in [2.05, 4.69) is 65.3 Å². The van der Waals surface area contributed by atoms with Crippen molar-refractivity contribution in [2.45, 2.75) is 144 Å². The number of aromatic nitrogens is 2. The maximum Gasteiger partial charge on any atom is 0.251 e. The van der Waals surface area contributed by atoms with Gasteiger partial charge in [0.1, 0.15) is 46.3 Å². The van der Waals surface area contributed by atoms with E-state index < -0.39 is 152 Å². The number of anilines is 1. The summed E-state index contributed by atoms with van der Waals surface area (Å²) in [5.74, 6) is -8.51. The molecule has 9 rings (SSSR count). The number of benzene rings is 3. The van der Waals surface area contributed by atoms with Crippen molar-refractivity contribution in [2.75, 3.05) is 64.4 Å². The Kier molecular flexibility index (Phi) is 25.3. The Hall–Kier alpha value is -7.09. The van der Waals surface area contributed by atoms with Crippen molar-refractivity contribution >= 4 is 83.2 Å². The van der Waals surface area contributed by atoms with Gasteiger partial charge in [0.05, 0.1) is 43.7 Å². The molecule has 27 nitrogen and oxygen atoms in total. The molecular formula is C62H84Cl2N12O15S. The molecule has 0 radical (unpaired) electrons. The number of aliphatic hydroxyl groups is 6. The summed E-state index contributed by atoms with van der Waals surface area (Å²) in [6, 6.07) is 8.23. The summed E-state index contributed by atoms with van der Waals surface area (Å²) < 4.78 is 5.20. The third-order valence-electron chi connectivity index (χ3n) is 17.7. The van der Waals surface area contributed by atoms with Crippen molar-refractivity contribution in [3.63, 3.8) is 0 Å². The minimum Gasteiger partial charge on any atom is -0.504 e. The van der Waals surface area contributed by atoms with Gasteiger partial charge in [0.15, 0.2) is 11.5 Å². The molecule has 5 heterocycles. The van der Waals surface area contributed by atoms with Gasteiger partial charge >= 0.3 is 0 Å². The molecule has 14 N–H and O–H groups in total. The number of rotatable bonds is 14. The SMILES string of the molecule is C=C1CCC(N2CCN(c3ccc(-c4nnc(-c5ccc(C(=O)N[C@H]6C[C@@H](O)CNC(=O)[C@@H]7[C@@H](O)[C@@H](C)CN7C(=O)[C@H]([C@H](O)CCN)NC(=O)[C@H]([C@H](O)Cc7ccc(O)c(OC)c7)NC(=O)[C@@H]7C[C@@H](O)CN7C(=O)[C@H]([C@@H](C)O)NC6=O)cc5)s4)cc3)CC2)CC1.Cl.Cl. The molecule has 4 saturated heterocycles. The predicted molar refractivity (Wildman–Crippen MR) is 344 cm³/mol. The molecule has 3 aromatic carbocycles. The van der Waals surface area contributed by atoms with E-state index in [0.717, 1.165) is 67.0 Å². The molecule has 92 heavy (non-hydrogen) atoms. The van der Waals surface area contributed by atoms with Crippen LogP contribution in [0, 0.1) is 5.92 Å². The number of fused-ring (bicyclic) bond motifs is 2. The number of phenols is 1. The first-order valence-electron chi connectivity index (χ1n) is 30.5. The second-order valence-electron chi connectivity index (χ2n) is 24.1. The number of carbonyl (C=O) groups excluding carboxylic acids is 7. The van der Waals surface area contributed by atoms with Crippen LogP contribution in [0.15, 0.2) is 78.9 Å². The second-order valence-corrected chi connectivity index (χ2v) is 25.1. The molecule has 1 aliphatic carbocycles. The van der Waals surface area contributed by atoms with Gasteiger partial charge in [0.2, 0.25) is 35.4 Å². The maximum atomic E-state index is 14.7. The number of aromatic hydroxyl groups is 1. The minimum absolute atomic E-state index is 0. The zero-order valence-electron chi connectivity index (χ0n) is 51.3. The highest BCUT2D eigenvalue weighted by Gasteiger charge is 2.50. The number of nitrogens with zero attached hydrogens (tertiary/aromatic N) is 6. The fraction of sp³-hybridized carbons (Fsp3) is 0.532. The highest BCUT2D eigenvalue weighted by Crippen LogP contribution is 2.34. The number of aliphatic hydroxyl groups excluding tert-OH is 6. The Morgan fingerprint density at radius 2 is 1.37 bits per heavy atom. The van der Waals surface area contributed by atoms with Gasteiger partial charge in [-0.15, -0.1) is 35.0 Å². The molecule has 5 aliphatic rings. The number of hydrogen-bond donors (Lipinski definition) is 13. The van der Waals surface area contributed by atoms with Gasteiger partial charge in [-0.25, -0.2) is 0 Å². The van der Waals surface area contributed by atoms with Gasteiger partial charge in [-0.05, 0) is 99.7 Å². The van der Waals surface area contributed by atoms with Gasteiger partial charge < -0.3 is 87.5 Å². The number of piperazine rings is 1. The standard InChI is InChI=1S/C62H82N12O15S.2ClH/c1-32-5-14-39(15-6-32)71-21-23-72(24-22-71)40-16-12-38(13-17-40)60-70-69-59(90-60)37-10-8-36(9-11-37)54(82)65-43-27-41(76)29-64-58(86)52-53(81)33(2)30-74(52)62(88)51(46(79)19-20-63)68-57(85)50(47(80)25-35-7-18-45(78)48(26-35)89-4)67-56(84)44-28-42(77)31-73(44)61(87)49(34(3)75)66-55(43)83;;/h7-13,16-18,26,33-34,39,41-44,46-47,49-53,75-81H,1,5-6,14-15,19-25,27-31,63H2,2-4H3,(H,64,86)(H,65,82)(H,66,83)(H,67,84)(H,68,85);2*1H/t33-,34+,41+,42+,43-,44-,46+,47+,49-,50-,51-,52-,53-;;/m0../s1. The molecule has 30 heteroatoms. The molecule has 0 unspecified atom stereocenters. The number of allylic oxidation sites excluding steroid dienone is 1. The van der Waals surface area contributed by atoms with Crippen molar-refractivity contribution in [2.24, 2.45) is 11.7 Å². The van der Waals surface area contributed by atoms with Crippen LogP contribution in [0.1, 0.15) is 74.7 Å². The molecular weight excluding hydrogens is 1260 g/mol. The third kappa shape index (κ3) is 17.0. The molecule has 4 aromatic rings. The summed E-state index contributed by atoms with van der Waals surface area (Å²) >= 11 is 1.35. The van der Waals surface area contributed by atoms with Gasteiger partial charge in [0, 0.05) is 99.4 Å². The van der Waals surface area contributed by atoms with Crippen LogP contribution in [0.4, 0.5) is 5.69 Å². The quantitative estimate of drug-likeness (QED) is 0.0698. The maximum absolute atomic E-state index is 14.7. The Morgan fingerprint density at radius 3 is 1.99 bits per heavy atom. The number of hydrogen-bond acceptors (Lipinski definition) is 21. The number of halogens is 2. The summed E-state index contributed by atoms with van der Waals surface area (Å²) in [5.41, 5.74) is 10.1. The van der Waals surface area contributed by atoms with Crippen LogP contribution < -0.4 is 42.0 Å². The molecule has 1 aromatic heterocycles. The largest absolute Gasteiger partial charge is 0.504 e. The lowest BCUT2D eigenvalue weighted by Gasteiger charge is -2.41. The normalized spacial score (nSPS) is 26.9. The summed E-state index contributed by atoms with van der Waals surface area (Å²) in [6.07, 6.45) is -7.17. The monoisotopic (exact) mass is 1340 g/mol. The average molecular weight is 1340 g/mol. The molecule has 1 saturated carbocycles. The van der Waals surface area contributed by atoms with E-state index in [9.17, 15) is 69.3 Å². The highest BCUT2D eigenvalue weighted by molar-refractivity contribution is 7.17. The Balaban J connectivity index is 0.00000600. The fourth-order valence-electron chi connectivity index (χ4n) is 12.5. The van der Waals surface area contributed by atoms with Gasteiger partial charge in [-0.3, -0.25) is 38.5 Å². The predicted octanol–water partition coefficient (Wildman–Crippen LogP) is -0.652. The molecule has 502 valence electrons. The number of phenolic OH excluding ortho intramolecular Hbond substituents is 1. The van der Waals surface area contributed by atoms with Crippen molar-refractivity contribution in [3.8, 4) is 32.6 Å². The second kappa shape index (κ2) is 32.2. The van der Waals surface area contributed by atoms with E-state index in [0.29, 0.717) is 21.6 Å². The number of nitrogens with two attached hydrogens (primary N) is 1. The molecule has 0 bridgehead atoms. The van der Waals surface area contributed by atoms with Crippen LogP contribution in [0.5, 0.6) is 11.5 Å². The minimum atomic E-state index is -2.02. The molecule has 7 amide bonds. The van der Waals surface area contributed by atoms with Crippen molar-refractivity contribution in [1.82, 2.24) is 51.5 Å². The van der Waals surface area contributed by atoms with E-state index in [-0.39, 0.29) is 67.0 Å². The average Bonchev–Trinajstić information content (AvgIpc) is 1.62. The number of methoxy groups -OCH3 is 1. The van der Waals surface area contributed by atoms with Crippen LogP contribution in [0.3, 0.4) is 0 Å². The van der Waals surface area contributed by atoms with Gasteiger partial charge in [0.25, 0.3) is 5.91 Å². The number of nitrogens with one attached hydrogen (secondary N) is 5. The van der Waals surface area contributed by atoms with Crippen LogP contribution in [0.25, 0.3) is 21.1 Å². The third-order valence-corrected chi connectivity index (χ3v) is 18.7. The van der Waals surface area contributed by atoms with E-state index >= 15 is 0 Å². The first kappa shape index (κ1) is 72.3. The number of ether oxygens (including phenoxy) is 1. The smallest absolute Gasteiger partial charge is 0.251 e. The van der Waals surface area contributed by atoms with Crippen LogP contribution in [0.2, 0.25) is 0 Å². The zero-order chi connectivity index (χ0) is 64.7. The van der Waals surface area contributed by atoms with Crippen LogP contribution in [-0.4, -0.2) is 240 Å². The fourth-order valence-corrected chi connectivity index (χ4v) is 13.3. The van der Waals surface area contributed by atoms with Gasteiger partial charge in [-0.1, -0.05) is 48.6 Å². The molecule has 0 spiro atoms. The Labute approximate surface area is 548 Å². The van der Waals surface area contributed by atoms with E-state index in [1.165, 1.54) is 67.2 Å². The van der Waals surface area contributed by atoms with E-state index in [1.54, 1.807) is 19.1 Å². The molecule has 13 atom stereocenters. The summed E-state index contributed by atoms with van der Waals surface area (Å²) in [7, 11) is 1.28. The Bertz CT molecular complexity index is 3240. The van der Waals surface area contributed by atoms with Crippen LogP contribution in [-0.2, 0) is 35.2 Å². The highest BCUT2D eigenvalue weighted by atomic mass is 35.5. The lowest BCUT2D eigenvalue weighted by Crippen LogP contribution is -2.64. The summed E-state index contributed by atoms with van der Waals surface area (Å²) in [4.78, 5) is 108. The van der Waals surface area contributed by atoms with Gasteiger partial charge in [-0.2, -0.15) is 0 Å². The topological polar surface area (TPSA) is 395 Å². The summed E-state index contributed by atoms with van der Waals surface area (Å²) in [6.45, 7) is 9.10. The van der Waals surface area contributed by atoms with Crippen molar-refractivity contribution in [3.05, 3.63) is 90.0 Å². The van der Waals surface area contributed by atoms with Crippen molar-refractivity contribution < 1.29 is 74.0 Å².